The van der Waals surface area contributed by atoms with E-state index in [1.165, 1.54) is 0 Å². The van der Waals surface area contributed by atoms with Gasteiger partial charge in [0.15, 0.2) is 11.5 Å². The number of allylic oxidation sites excluding steroid dienone is 1. The molecule has 0 fully saturated rings. The summed E-state index contributed by atoms with van der Waals surface area (Å²) in [7, 11) is 0. The highest BCUT2D eigenvalue weighted by Crippen LogP contribution is 2.41. The van der Waals surface area contributed by atoms with Crippen LogP contribution in [0, 0.1) is 0 Å². The summed E-state index contributed by atoms with van der Waals surface area (Å²) < 4.78 is 52.8. The summed E-state index contributed by atoms with van der Waals surface area (Å²) in [5.41, 5.74) is 1.46. The van der Waals surface area contributed by atoms with Gasteiger partial charge >= 0.3 is 6.18 Å². The molecule has 0 radical (unpaired) electrons. The standard InChI is InChI=1S/C23H19ClF3N5O3/c1-12-18(20(33)29-15-6-4-14(24)5-7-15)19(32-22(28-12)30-21(31-32)23(25,26)27)13-3-8-16-17(11-13)35-10-2-9-34-16/h3-8,11,19H,2,9-10H2,1H3,(H,29,33)(H,28,30,31). The van der Waals surface area contributed by atoms with Gasteiger partial charge in [-0.15, -0.1) is 5.10 Å². The third-order valence-electron chi connectivity index (χ3n) is 5.54. The normalized spacial score (nSPS) is 17.3. The number of carbonyl (C=O) groups excluding carboxylic acids is 1. The van der Waals surface area contributed by atoms with Crippen LogP contribution in [0.2, 0.25) is 5.02 Å². The Morgan fingerprint density at radius 1 is 1.14 bits per heavy atom. The highest BCUT2D eigenvalue weighted by molar-refractivity contribution is 6.30. The van der Waals surface area contributed by atoms with Gasteiger partial charge < -0.3 is 20.1 Å². The molecule has 35 heavy (non-hydrogen) atoms. The maximum atomic E-state index is 13.4. The van der Waals surface area contributed by atoms with Gasteiger partial charge in [-0.05, 0) is 48.9 Å². The largest absolute Gasteiger partial charge is 0.490 e. The lowest BCUT2D eigenvalue weighted by atomic mass is 9.94. The topological polar surface area (TPSA) is 90.3 Å². The summed E-state index contributed by atoms with van der Waals surface area (Å²) in [6, 6.07) is 10.5. The number of benzene rings is 2. The minimum Gasteiger partial charge on any atom is -0.490 e. The number of amides is 1. The van der Waals surface area contributed by atoms with Crippen molar-refractivity contribution in [2.45, 2.75) is 25.6 Å². The Labute approximate surface area is 202 Å². The van der Waals surface area contributed by atoms with E-state index in [9.17, 15) is 18.0 Å². The SMILES string of the molecule is CC1=C(C(=O)Nc2ccc(Cl)cc2)C(c2ccc3c(c2)OCCCO3)n2nc(C(F)(F)F)nc2N1. The molecule has 1 amide bonds. The average Bonchev–Trinajstić information content (AvgIpc) is 3.10. The van der Waals surface area contributed by atoms with Gasteiger partial charge in [0.25, 0.3) is 11.7 Å². The minimum atomic E-state index is -4.76. The van der Waals surface area contributed by atoms with Gasteiger partial charge in [-0.2, -0.15) is 18.2 Å². The predicted molar refractivity (Wildman–Crippen MR) is 122 cm³/mol. The number of halogens is 4. The lowest BCUT2D eigenvalue weighted by Gasteiger charge is -2.29. The number of nitrogens with zero attached hydrogens (tertiary/aromatic N) is 3. The van der Waals surface area contributed by atoms with Crippen LogP contribution in [0.3, 0.4) is 0 Å². The molecule has 2 aliphatic rings. The van der Waals surface area contributed by atoms with Crippen LogP contribution in [-0.4, -0.2) is 33.9 Å². The number of aromatic nitrogens is 3. The van der Waals surface area contributed by atoms with E-state index >= 15 is 0 Å². The number of anilines is 2. The summed E-state index contributed by atoms with van der Waals surface area (Å²) in [5.74, 6) is -1.01. The molecule has 1 aromatic heterocycles. The summed E-state index contributed by atoms with van der Waals surface area (Å²) in [4.78, 5) is 17.0. The van der Waals surface area contributed by atoms with Crippen LogP contribution >= 0.6 is 11.6 Å². The third kappa shape index (κ3) is 4.51. The lowest BCUT2D eigenvalue weighted by molar-refractivity contribution is -0.145. The van der Waals surface area contributed by atoms with Crippen molar-refractivity contribution in [3.8, 4) is 11.5 Å². The fourth-order valence-electron chi connectivity index (χ4n) is 3.95. The highest BCUT2D eigenvalue weighted by Gasteiger charge is 2.41. The molecular weight excluding hydrogens is 487 g/mol. The van der Waals surface area contributed by atoms with E-state index in [1.54, 1.807) is 49.4 Å². The lowest BCUT2D eigenvalue weighted by Crippen LogP contribution is -2.31. The van der Waals surface area contributed by atoms with Gasteiger partial charge in [0.2, 0.25) is 5.95 Å². The quantitative estimate of drug-likeness (QED) is 0.518. The molecule has 0 aliphatic carbocycles. The van der Waals surface area contributed by atoms with Crippen molar-refractivity contribution in [1.82, 2.24) is 14.8 Å². The van der Waals surface area contributed by atoms with Crippen molar-refractivity contribution in [3.05, 3.63) is 70.1 Å². The first kappa shape index (κ1) is 23.0. The molecule has 182 valence electrons. The number of alkyl halides is 3. The summed E-state index contributed by atoms with van der Waals surface area (Å²) >= 11 is 5.92. The van der Waals surface area contributed by atoms with E-state index in [0.29, 0.717) is 53.1 Å². The van der Waals surface area contributed by atoms with E-state index in [2.05, 4.69) is 20.7 Å². The van der Waals surface area contributed by atoms with Gasteiger partial charge in [-0.25, -0.2) is 4.68 Å². The van der Waals surface area contributed by atoms with Crippen molar-refractivity contribution in [2.75, 3.05) is 23.8 Å². The Hall–Kier alpha value is -3.73. The number of carbonyl (C=O) groups is 1. The van der Waals surface area contributed by atoms with E-state index in [1.807, 2.05) is 0 Å². The first-order valence-electron chi connectivity index (χ1n) is 10.7. The number of nitrogens with one attached hydrogen (secondary N) is 2. The maximum Gasteiger partial charge on any atom is 0.453 e. The Balaban J connectivity index is 1.60. The van der Waals surface area contributed by atoms with Crippen molar-refractivity contribution in [1.29, 1.82) is 0 Å². The monoisotopic (exact) mass is 505 g/mol. The molecule has 0 saturated heterocycles. The first-order chi connectivity index (χ1) is 16.7. The van der Waals surface area contributed by atoms with Crippen LogP contribution in [0.25, 0.3) is 0 Å². The number of rotatable bonds is 3. The van der Waals surface area contributed by atoms with E-state index in [-0.39, 0.29) is 11.5 Å². The van der Waals surface area contributed by atoms with Crippen LogP contribution in [0.15, 0.2) is 53.7 Å². The molecule has 1 atom stereocenters. The number of hydrogen-bond donors (Lipinski definition) is 2. The fourth-order valence-corrected chi connectivity index (χ4v) is 4.08. The smallest absolute Gasteiger partial charge is 0.453 e. The minimum absolute atomic E-state index is 0.130. The molecule has 0 spiro atoms. The summed E-state index contributed by atoms with van der Waals surface area (Å²) in [6.07, 6.45) is -4.08. The van der Waals surface area contributed by atoms with Gasteiger partial charge in [-0.1, -0.05) is 17.7 Å². The van der Waals surface area contributed by atoms with E-state index in [4.69, 9.17) is 21.1 Å². The van der Waals surface area contributed by atoms with Crippen LogP contribution in [0.1, 0.15) is 30.8 Å². The van der Waals surface area contributed by atoms with Crippen LogP contribution in [0.4, 0.5) is 24.8 Å². The second-order valence-electron chi connectivity index (χ2n) is 7.99. The zero-order chi connectivity index (χ0) is 24.7. The molecule has 2 N–H and O–H groups in total. The second kappa shape index (κ2) is 8.81. The van der Waals surface area contributed by atoms with Gasteiger partial charge in [0.05, 0.1) is 18.8 Å². The Morgan fingerprint density at radius 2 is 1.86 bits per heavy atom. The molecule has 0 saturated carbocycles. The van der Waals surface area contributed by atoms with Gasteiger partial charge in [-0.3, -0.25) is 4.79 Å². The van der Waals surface area contributed by atoms with E-state index in [0.717, 1.165) is 4.68 Å². The summed E-state index contributed by atoms with van der Waals surface area (Å²) in [5, 5.41) is 9.76. The van der Waals surface area contributed by atoms with Crippen molar-refractivity contribution >= 4 is 29.1 Å². The predicted octanol–water partition coefficient (Wildman–Crippen LogP) is 5.04. The summed E-state index contributed by atoms with van der Waals surface area (Å²) in [6.45, 7) is 2.50. The van der Waals surface area contributed by atoms with Crippen molar-refractivity contribution in [2.24, 2.45) is 0 Å². The molecule has 0 bridgehead atoms. The van der Waals surface area contributed by atoms with Crippen LogP contribution in [0.5, 0.6) is 11.5 Å². The zero-order valence-electron chi connectivity index (χ0n) is 18.3. The molecule has 3 heterocycles. The van der Waals surface area contributed by atoms with Crippen molar-refractivity contribution in [3.63, 3.8) is 0 Å². The molecule has 12 heteroatoms. The van der Waals surface area contributed by atoms with E-state index < -0.39 is 23.9 Å². The highest BCUT2D eigenvalue weighted by atomic mass is 35.5. The molecule has 8 nitrogen and oxygen atoms in total. The molecule has 5 rings (SSSR count). The van der Waals surface area contributed by atoms with Gasteiger partial charge in [0, 0.05) is 22.8 Å². The Morgan fingerprint density at radius 3 is 2.57 bits per heavy atom. The molecule has 3 aromatic rings. The molecule has 1 unspecified atom stereocenters. The number of fused-ring (bicyclic) bond motifs is 2. The second-order valence-corrected chi connectivity index (χ2v) is 8.42. The first-order valence-corrected chi connectivity index (χ1v) is 11.1. The number of hydrogen-bond acceptors (Lipinski definition) is 6. The molecular formula is C23H19ClF3N5O3. The molecule has 2 aliphatic heterocycles. The average molecular weight is 506 g/mol. The fraction of sp³-hybridized carbons (Fsp3) is 0.261. The molecule has 2 aromatic carbocycles. The zero-order valence-corrected chi connectivity index (χ0v) is 19.1. The number of ether oxygens (including phenoxy) is 2. The Bertz CT molecular complexity index is 1320. The van der Waals surface area contributed by atoms with Gasteiger partial charge in [0.1, 0.15) is 6.04 Å². The van der Waals surface area contributed by atoms with Crippen LogP contribution < -0.4 is 20.1 Å². The third-order valence-corrected chi connectivity index (χ3v) is 5.79. The van der Waals surface area contributed by atoms with Crippen LogP contribution in [-0.2, 0) is 11.0 Å². The Kier molecular flexibility index (Phi) is 5.79. The van der Waals surface area contributed by atoms with Crippen molar-refractivity contribution < 1.29 is 27.4 Å². The maximum absolute atomic E-state index is 13.4.